The molecule has 0 atom stereocenters. The van der Waals surface area contributed by atoms with Gasteiger partial charge in [-0.15, -0.1) is 0 Å². The van der Waals surface area contributed by atoms with Crippen molar-refractivity contribution < 1.29 is 19.1 Å². The summed E-state index contributed by atoms with van der Waals surface area (Å²) in [5.41, 5.74) is 4.87. The van der Waals surface area contributed by atoms with Crippen molar-refractivity contribution in [2.45, 2.75) is 0 Å². The monoisotopic (exact) mass is 259 g/mol. The van der Waals surface area contributed by atoms with Gasteiger partial charge in [-0.2, -0.15) is 0 Å². The van der Waals surface area contributed by atoms with Crippen LogP contribution in [0, 0.1) is 0 Å². The Morgan fingerprint density at radius 3 is 2.53 bits per heavy atom. The number of carbonyl (C=O) groups is 2. The first kappa shape index (κ1) is 12.9. The van der Waals surface area contributed by atoms with Crippen LogP contribution in [0.2, 0.25) is 0 Å². The number of nitrogens with two attached hydrogens (primary N) is 1. The number of ether oxygens (including phenoxy) is 2. The Kier molecular flexibility index (Phi) is 3.97. The molecular formula is C14H13NO4. The lowest BCUT2D eigenvalue weighted by Gasteiger charge is -2.08. The van der Waals surface area contributed by atoms with Crippen LogP contribution in [0.5, 0.6) is 5.75 Å². The largest absolute Gasteiger partial charge is 0.481 e. The molecule has 5 heteroatoms. The van der Waals surface area contributed by atoms with Gasteiger partial charge in [0.2, 0.25) is 0 Å². The van der Waals surface area contributed by atoms with Gasteiger partial charge in [0, 0.05) is 5.39 Å². The summed E-state index contributed by atoms with van der Waals surface area (Å²) >= 11 is 0. The van der Waals surface area contributed by atoms with Crippen LogP contribution in [0.3, 0.4) is 0 Å². The zero-order chi connectivity index (χ0) is 13.7. The van der Waals surface area contributed by atoms with Gasteiger partial charge in [0.05, 0.1) is 0 Å². The smallest absolute Gasteiger partial charge is 0.344 e. The van der Waals surface area contributed by atoms with E-state index in [4.69, 9.17) is 10.5 Å². The van der Waals surface area contributed by atoms with Crippen LogP contribution in [0.25, 0.3) is 10.8 Å². The quantitative estimate of drug-likeness (QED) is 0.819. The van der Waals surface area contributed by atoms with Crippen molar-refractivity contribution in [1.29, 1.82) is 0 Å². The predicted molar refractivity (Wildman–Crippen MR) is 69.6 cm³/mol. The molecule has 0 heterocycles. The van der Waals surface area contributed by atoms with Crippen molar-refractivity contribution >= 4 is 22.6 Å². The fraction of sp³-hybridized carbons (Fsp3) is 0.143. The molecule has 98 valence electrons. The van der Waals surface area contributed by atoms with Crippen LogP contribution in [-0.2, 0) is 14.3 Å². The summed E-state index contributed by atoms with van der Waals surface area (Å²) in [6.07, 6.45) is 0. The summed E-state index contributed by atoms with van der Waals surface area (Å²) in [5.74, 6) is -0.737. The maximum absolute atomic E-state index is 11.3. The number of fused-ring (bicyclic) bond motifs is 1. The van der Waals surface area contributed by atoms with Crippen molar-refractivity contribution in [3.8, 4) is 5.75 Å². The summed E-state index contributed by atoms with van der Waals surface area (Å²) in [6.45, 7) is -0.695. The van der Waals surface area contributed by atoms with E-state index in [-0.39, 0.29) is 6.61 Å². The van der Waals surface area contributed by atoms with Crippen LogP contribution >= 0.6 is 0 Å². The number of hydrogen-bond donors (Lipinski definition) is 1. The van der Waals surface area contributed by atoms with Gasteiger partial charge in [-0.25, -0.2) is 4.79 Å². The maximum Gasteiger partial charge on any atom is 0.344 e. The van der Waals surface area contributed by atoms with Crippen molar-refractivity contribution in [3.05, 3.63) is 42.5 Å². The molecule has 0 saturated heterocycles. The second-order valence-electron chi connectivity index (χ2n) is 3.89. The number of hydrogen-bond acceptors (Lipinski definition) is 4. The number of primary amides is 1. The number of esters is 1. The van der Waals surface area contributed by atoms with Gasteiger partial charge in [-0.1, -0.05) is 36.4 Å². The Labute approximate surface area is 109 Å². The number of benzene rings is 2. The third-order valence-corrected chi connectivity index (χ3v) is 2.47. The van der Waals surface area contributed by atoms with Gasteiger partial charge < -0.3 is 15.2 Å². The Balaban J connectivity index is 2.02. The molecule has 0 bridgehead atoms. The molecule has 0 aromatic heterocycles. The third kappa shape index (κ3) is 3.45. The van der Waals surface area contributed by atoms with Gasteiger partial charge in [0.1, 0.15) is 5.75 Å². The third-order valence-electron chi connectivity index (χ3n) is 2.47. The molecule has 2 aromatic rings. The molecule has 0 spiro atoms. The Hall–Kier alpha value is -2.56. The SMILES string of the molecule is NC(=O)COC(=O)COc1cccc2ccccc12. The minimum absolute atomic E-state index is 0.263. The average molecular weight is 259 g/mol. The molecule has 2 rings (SSSR count). The summed E-state index contributed by atoms with van der Waals surface area (Å²) < 4.78 is 9.99. The molecule has 2 aromatic carbocycles. The van der Waals surface area contributed by atoms with E-state index < -0.39 is 18.5 Å². The minimum Gasteiger partial charge on any atom is -0.481 e. The molecule has 0 saturated carbocycles. The summed E-state index contributed by atoms with van der Waals surface area (Å²) in [7, 11) is 0. The minimum atomic E-state index is -0.696. The fourth-order valence-corrected chi connectivity index (χ4v) is 1.65. The highest BCUT2D eigenvalue weighted by Crippen LogP contribution is 2.24. The van der Waals surface area contributed by atoms with Crippen LogP contribution in [0.4, 0.5) is 0 Å². The van der Waals surface area contributed by atoms with Crippen LogP contribution in [0.1, 0.15) is 0 Å². The second kappa shape index (κ2) is 5.86. The zero-order valence-corrected chi connectivity index (χ0v) is 10.2. The van der Waals surface area contributed by atoms with Gasteiger partial charge in [0.25, 0.3) is 5.91 Å². The highest BCUT2D eigenvalue weighted by Gasteiger charge is 2.07. The van der Waals surface area contributed by atoms with E-state index in [9.17, 15) is 9.59 Å². The van der Waals surface area contributed by atoms with Gasteiger partial charge in [-0.05, 0) is 11.5 Å². The summed E-state index contributed by atoms with van der Waals surface area (Å²) in [6, 6.07) is 13.2. The van der Waals surface area contributed by atoms with E-state index in [1.165, 1.54) is 0 Å². The normalized spacial score (nSPS) is 10.1. The summed E-state index contributed by atoms with van der Waals surface area (Å²) in [4.78, 5) is 21.8. The molecule has 2 N–H and O–H groups in total. The molecule has 0 aliphatic heterocycles. The van der Waals surface area contributed by atoms with E-state index in [0.717, 1.165) is 10.8 Å². The standard InChI is InChI=1S/C14H13NO4/c15-13(16)8-19-14(17)9-18-12-7-3-5-10-4-1-2-6-11(10)12/h1-7H,8-9H2,(H2,15,16). The van der Waals surface area contributed by atoms with E-state index in [0.29, 0.717) is 5.75 Å². The first-order chi connectivity index (χ1) is 9.16. The number of rotatable bonds is 5. The zero-order valence-electron chi connectivity index (χ0n) is 10.2. The lowest BCUT2D eigenvalue weighted by Crippen LogP contribution is -2.23. The molecule has 5 nitrogen and oxygen atoms in total. The van der Waals surface area contributed by atoms with Crippen molar-refractivity contribution in [2.24, 2.45) is 5.73 Å². The fourth-order valence-electron chi connectivity index (χ4n) is 1.65. The lowest BCUT2D eigenvalue weighted by molar-refractivity contribution is -0.149. The molecule has 0 radical (unpaired) electrons. The molecule has 0 unspecified atom stereocenters. The first-order valence-corrected chi connectivity index (χ1v) is 5.71. The molecule has 0 aliphatic rings. The number of amides is 1. The second-order valence-corrected chi connectivity index (χ2v) is 3.89. The summed E-state index contributed by atoms with van der Waals surface area (Å²) in [5, 5.41) is 1.93. The topological polar surface area (TPSA) is 78.6 Å². The van der Waals surface area contributed by atoms with Gasteiger partial charge in [0.15, 0.2) is 13.2 Å². The van der Waals surface area contributed by atoms with E-state index in [1.807, 2.05) is 36.4 Å². The van der Waals surface area contributed by atoms with Crippen molar-refractivity contribution in [3.63, 3.8) is 0 Å². The Morgan fingerprint density at radius 2 is 1.74 bits per heavy atom. The molecule has 0 aliphatic carbocycles. The maximum atomic E-state index is 11.3. The van der Waals surface area contributed by atoms with E-state index in [2.05, 4.69) is 4.74 Å². The van der Waals surface area contributed by atoms with E-state index >= 15 is 0 Å². The van der Waals surface area contributed by atoms with Gasteiger partial charge >= 0.3 is 5.97 Å². The molecular weight excluding hydrogens is 246 g/mol. The Bertz CT molecular complexity index is 604. The molecule has 1 amide bonds. The van der Waals surface area contributed by atoms with Crippen LogP contribution < -0.4 is 10.5 Å². The first-order valence-electron chi connectivity index (χ1n) is 5.71. The molecule has 0 fully saturated rings. The average Bonchev–Trinajstić information content (AvgIpc) is 2.42. The lowest BCUT2D eigenvalue weighted by atomic mass is 10.1. The van der Waals surface area contributed by atoms with Crippen molar-refractivity contribution in [1.82, 2.24) is 0 Å². The van der Waals surface area contributed by atoms with E-state index in [1.54, 1.807) is 6.07 Å². The van der Waals surface area contributed by atoms with Gasteiger partial charge in [-0.3, -0.25) is 4.79 Å². The van der Waals surface area contributed by atoms with Crippen molar-refractivity contribution in [2.75, 3.05) is 13.2 Å². The highest BCUT2D eigenvalue weighted by atomic mass is 16.6. The van der Waals surface area contributed by atoms with Crippen LogP contribution in [0.15, 0.2) is 42.5 Å². The highest BCUT2D eigenvalue weighted by molar-refractivity contribution is 5.88. The predicted octanol–water partition coefficient (Wildman–Crippen LogP) is 1.25. The number of carbonyl (C=O) groups excluding carboxylic acids is 2. The molecule has 19 heavy (non-hydrogen) atoms. The Morgan fingerprint density at radius 1 is 1.00 bits per heavy atom. The van der Waals surface area contributed by atoms with Crippen LogP contribution in [-0.4, -0.2) is 25.1 Å².